The van der Waals surface area contributed by atoms with Crippen LogP contribution in [0.1, 0.15) is 66.9 Å². The summed E-state index contributed by atoms with van der Waals surface area (Å²) in [5.41, 5.74) is 4.14. The number of likely N-dealkylation sites (tertiary alicyclic amines) is 1. The molecule has 2 atom stereocenters. The van der Waals surface area contributed by atoms with Gasteiger partial charge in [0.2, 0.25) is 5.95 Å². The Morgan fingerprint density at radius 1 is 0.964 bits per heavy atom. The fraction of sp³-hybridized carbons (Fsp3) is 0.450. The van der Waals surface area contributed by atoms with Gasteiger partial charge in [0.25, 0.3) is 5.91 Å². The maximum absolute atomic E-state index is 14.6. The van der Waals surface area contributed by atoms with Crippen molar-refractivity contribution >= 4 is 52.1 Å². The maximum Gasteiger partial charge on any atom is 0.310 e. The summed E-state index contributed by atoms with van der Waals surface area (Å²) in [6.07, 6.45) is 4.29. The van der Waals surface area contributed by atoms with Gasteiger partial charge in [-0.05, 0) is 104 Å². The number of carboxylic acids is 1. The smallest absolute Gasteiger partial charge is 0.310 e. The number of hydrogen-bond donors (Lipinski definition) is 1. The van der Waals surface area contributed by atoms with E-state index in [2.05, 4.69) is 48.1 Å². The minimum absolute atomic E-state index is 0.218. The van der Waals surface area contributed by atoms with Crippen molar-refractivity contribution in [2.24, 2.45) is 0 Å². The van der Waals surface area contributed by atoms with E-state index in [9.17, 15) is 14.7 Å². The standard InChI is InChI=1S/C40H47Cl2N9O4/c1-3-30(38(53)54)31-12-11-29(51-27-43-45-46-51)25-32(31)37(52)49-19-15-40(26-49,28-10-13-33(41)34(42)24-28)14-18-47-16-7-17-48(21-20-47)39-44-35-8-5-6-9-36(35)50(39)22-23-55-4-2/h5-6,8-13,24-25,27,30H,3-4,7,14-23,26H2,1-2H3,(H,53,54). The highest BCUT2D eigenvalue weighted by Gasteiger charge is 2.43. The Morgan fingerprint density at radius 2 is 1.82 bits per heavy atom. The number of aliphatic carboxylic acids is 1. The summed E-state index contributed by atoms with van der Waals surface area (Å²) in [4.78, 5) is 38.8. The summed E-state index contributed by atoms with van der Waals surface area (Å²) in [5, 5.41) is 22.5. The van der Waals surface area contributed by atoms with E-state index in [1.54, 1.807) is 18.2 Å². The molecule has 0 bridgehead atoms. The number of para-hydroxylation sites is 2. The Bertz CT molecular complexity index is 2130. The second-order valence-corrected chi connectivity index (χ2v) is 15.2. The van der Waals surface area contributed by atoms with Gasteiger partial charge in [-0.25, -0.2) is 9.67 Å². The zero-order valence-electron chi connectivity index (χ0n) is 31.3. The van der Waals surface area contributed by atoms with E-state index < -0.39 is 17.3 Å². The number of nitrogens with zero attached hydrogens (tertiary/aromatic N) is 9. The molecule has 7 rings (SSSR count). The Hall–Kier alpha value is -4.56. The lowest BCUT2D eigenvalue weighted by Crippen LogP contribution is -2.39. The van der Waals surface area contributed by atoms with Gasteiger partial charge in [-0.3, -0.25) is 9.59 Å². The minimum Gasteiger partial charge on any atom is -0.481 e. The molecule has 4 heterocycles. The SMILES string of the molecule is CCOCCn1c(N2CCCN(CCC3(c4ccc(Cl)c(Cl)c4)CCN(C(=O)c4cc(-n5cnnn5)ccc4C(CC)C(=O)O)C3)CC2)nc2ccccc21. The zero-order chi connectivity index (χ0) is 38.5. The zero-order valence-corrected chi connectivity index (χ0v) is 32.8. The van der Waals surface area contributed by atoms with Crippen molar-refractivity contribution in [3.63, 3.8) is 0 Å². The molecule has 5 aromatic rings. The molecular formula is C40H47Cl2N9O4. The summed E-state index contributed by atoms with van der Waals surface area (Å²) in [6.45, 7) is 11.2. The maximum atomic E-state index is 14.6. The van der Waals surface area contributed by atoms with E-state index >= 15 is 0 Å². The molecule has 0 spiro atoms. The topological polar surface area (TPSA) is 135 Å². The number of rotatable bonds is 14. The van der Waals surface area contributed by atoms with E-state index in [1.165, 1.54) is 11.0 Å². The van der Waals surface area contributed by atoms with Crippen molar-refractivity contribution in [2.45, 2.75) is 57.4 Å². The molecular weight excluding hydrogens is 741 g/mol. The van der Waals surface area contributed by atoms with Gasteiger partial charge in [-0.2, -0.15) is 0 Å². The molecule has 3 aromatic carbocycles. The van der Waals surface area contributed by atoms with Crippen LogP contribution in [0.25, 0.3) is 16.7 Å². The van der Waals surface area contributed by atoms with Crippen LogP contribution in [0.15, 0.2) is 67.0 Å². The molecule has 0 saturated carbocycles. The van der Waals surface area contributed by atoms with Crippen LogP contribution in [0.2, 0.25) is 10.0 Å². The van der Waals surface area contributed by atoms with E-state index in [0.717, 1.165) is 81.1 Å². The van der Waals surface area contributed by atoms with Crippen LogP contribution in [-0.2, 0) is 21.5 Å². The van der Waals surface area contributed by atoms with Crippen molar-refractivity contribution in [1.29, 1.82) is 0 Å². The van der Waals surface area contributed by atoms with E-state index in [4.69, 9.17) is 32.9 Å². The van der Waals surface area contributed by atoms with Gasteiger partial charge in [-0.1, -0.05) is 54.4 Å². The Balaban J connectivity index is 1.12. The largest absolute Gasteiger partial charge is 0.481 e. The predicted octanol–water partition coefficient (Wildman–Crippen LogP) is 6.32. The van der Waals surface area contributed by atoms with Crippen LogP contribution in [-0.4, -0.2) is 116 Å². The molecule has 2 aromatic heterocycles. The highest BCUT2D eigenvalue weighted by Crippen LogP contribution is 2.41. The fourth-order valence-electron chi connectivity index (χ4n) is 8.20. The van der Waals surface area contributed by atoms with E-state index in [1.807, 2.05) is 43.0 Å². The number of ether oxygens (including phenoxy) is 1. The van der Waals surface area contributed by atoms with Crippen LogP contribution in [0, 0.1) is 0 Å². The number of carbonyl (C=O) groups is 2. The van der Waals surface area contributed by atoms with Gasteiger partial charge in [-0.15, -0.1) is 5.10 Å². The third kappa shape index (κ3) is 8.21. The van der Waals surface area contributed by atoms with Crippen molar-refractivity contribution in [2.75, 3.05) is 63.9 Å². The number of halogens is 2. The fourth-order valence-corrected chi connectivity index (χ4v) is 8.50. The van der Waals surface area contributed by atoms with Gasteiger partial charge in [0, 0.05) is 56.9 Å². The van der Waals surface area contributed by atoms with Crippen molar-refractivity contribution in [3.8, 4) is 5.69 Å². The van der Waals surface area contributed by atoms with E-state index in [-0.39, 0.29) is 5.91 Å². The number of hydrogen-bond acceptors (Lipinski definition) is 9. The number of benzene rings is 3. The monoisotopic (exact) mass is 787 g/mol. The van der Waals surface area contributed by atoms with Gasteiger partial charge < -0.3 is 29.1 Å². The quantitative estimate of drug-likeness (QED) is 0.128. The molecule has 2 aliphatic heterocycles. The van der Waals surface area contributed by atoms with Gasteiger partial charge in [0.05, 0.1) is 39.3 Å². The lowest BCUT2D eigenvalue weighted by molar-refractivity contribution is -0.138. The highest BCUT2D eigenvalue weighted by molar-refractivity contribution is 6.42. The third-order valence-corrected chi connectivity index (χ3v) is 12.0. The first-order valence-corrected chi connectivity index (χ1v) is 19.8. The molecule has 2 fully saturated rings. The van der Waals surface area contributed by atoms with Crippen molar-refractivity contribution in [1.82, 2.24) is 39.6 Å². The number of carbonyl (C=O) groups excluding carboxylic acids is 1. The predicted molar refractivity (Wildman–Crippen MR) is 213 cm³/mol. The van der Waals surface area contributed by atoms with Crippen molar-refractivity contribution < 1.29 is 19.4 Å². The lowest BCUT2D eigenvalue weighted by atomic mass is 9.76. The average molecular weight is 789 g/mol. The van der Waals surface area contributed by atoms with Crippen LogP contribution in [0.3, 0.4) is 0 Å². The molecule has 1 N–H and O–H groups in total. The summed E-state index contributed by atoms with van der Waals surface area (Å²) in [6, 6.07) is 19.2. The number of amides is 1. The second-order valence-electron chi connectivity index (χ2n) is 14.4. The minimum atomic E-state index is -0.975. The first-order chi connectivity index (χ1) is 26.7. The number of fused-ring (bicyclic) bond motifs is 1. The molecule has 2 unspecified atom stereocenters. The molecule has 0 radical (unpaired) electrons. The normalized spacial score (nSPS) is 18.5. The summed E-state index contributed by atoms with van der Waals surface area (Å²) in [7, 11) is 0. The van der Waals surface area contributed by atoms with Gasteiger partial charge in [0.1, 0.15) is 6.33 Å². The average Bonchev–Trinajstić information content (AvgIpc) is 3.93. The molecule has 0 aliphatic carbocycles. The second kappa shape index (κ2) is 17.1. The first kappa shape index (κ1) is 38.7. The highest BCUT2D eigenvalue weighted by atomic mass is 35.5. The number of aromatic nitrogens is 6. The van der Waals surface area contributed by atoms with Crippen LogP contribution < -0.4 is 4.90 Å². The van der Waals surface area contributed by atoms with Crippen LogP contribution in [0.5, 0.6) is 0 Å². The first-order valence-electron chi connectivity index (χ1n) is 19.1. The lowest BCUT2D eigenvalue weighted by Gasteiger charge is -2.33. The molecule has 2 saturated heterocycles. The van der Waals surface area contributed by atoms with Crippen LogP contribution in [0.4, 0.5) is 5.95 Å². The van der Waals surface area contributed by atoms with Gasteiger partial charge >= 0.3 is 5.97 Å². The van der Waals surface area contributed by atoms with E-state index in [0.29, 0.717) is 59.6 Å². The molecule has 55 heavy (non-hydrogen) atoms. The summed E-state index contributed by atoms with van der Waals surface area (Å²) in [5.74, 6) is -1.05. The summed E-state index contributed by atoms with van der Waals surface area (Å²) < 4.78 is 9.48. The Labute approximate surface area is 330 Å². The molecule has 290 valence electrons. The number of imidazole rings is 1. The molecule has 2 aliphatic rings. The Morgan fingerprint density at radius 3 is 2.58 bits per heavy atom. The Kier molecular flexibility index (Phi) is 12.0. The number of tetrazole rings is 1. The number of carboxylic acid groups (broad SMARTS) is 1. The van der Waals surface area contributed by atoms with Crippen molar-refractivity contribution in [3.05, 3.63) is 93.7 Å². The summed E-state index contributed by atoms with van der Waals surface area (Å²) >= 11 is 13.0. The molecule has 1 amide bonds. The molecule has 13 nitrogen and oxygen atoms in total. The molecule has 15 heteroatoms. The number of anilines is 1. The van der Waals surface area contributed by atoms with Crippen LogP contribution >= 0.6 is 23.2 Å². The third-order valence-electron chi connectivity index (χ3n) is 11.2. The van der Waals surface area contributed by atoms with Gasteiger partial charge in [0.15, 0.2) is 0 Å².